The van der Waals surface area contributed by atoms with E-state index in [2.05, 4.69) is 11.7 Å². The maximum absolute atomic E-state index is 9.48. The molecule has 0 saturated heterocycles. The molecule has 0 bridgehead atoms. The van der Waals surface area contributed by atoms with Crippen LogP contribution in [0.3, 0.4) is 0 Å². The Balaban J connectivity index is 3.05. The number of esters is 1. The van der Waals surface area contributed by atoms with E-state index in [0.29, 0.717) is 0 Å². The molecule has 1 radical (unpaired) electrons. The van der Waals surface area contributed by atoms with Gasteiger partial charge in [-0.25, -0.2) is 0 Å². The largest absolute Gasteiger partial charge is 0.395 e. The van der Waals surface area contributed by atoms with Crippen LogP contribution in [0.5, 0.6) is 0 Å². The van der Waals surface area contributed by atoms with Crippen molar-refractivity contribution in [2.75, 3.05) is 0 Å². The molecule has 0 spiro atoms. The molecule has 0 aliphatic carbocycles. The number of hydrogen-bond acceptors (Lipinski definition) is 3. The van der Waals surface area contributed by atoms with Gasteiger partial charge in [0.25, 0.3) is 0 Å². The summed E-state index contributed by atoms with van der Waals surface area (Å²) in [6.07, 6.45) is 0. The van der Waals surface area contributed by atoms with Gasteiger partial charge < -0.3 is 4.74 Å². The lowest BCUT2D eigenvalue weighted by atomic mass is 10.8. The van der Waals surface area contributed by atoms with E-state index in [9.17, 15) is 4.79 Å². The van der Waals surface area contributed by atoms with Gasteiger partial charge in [0.15, 0.2) is 0 Å². The zero-order valence-corrected chi connectivity index (χ0v) is 3.01. The van der Waals surface area contributed by atoms with Crippen LogP contribution in [0.1, 0.15) is 0 Å². The van der Waals surface area contributed by atoms with Crippen molar-refractivity contribution < 1.29 is 14.3 Å². The van der Waals surface area contributed by atoms with Crippen molar-refractivity contribution in [2.45, 2.75) is 0 Å². The molecule has 0 N–H and O–H groups in total. The summed E-state index contributed by atoms with van der Waals surface area (Å²) in [5.41, 5.74) is 0. The number of ether oxygens (including phenoxy) is 1. The maximum atomic E-state index is 9.48. The van der Waals surface area contributed by atoms with Crippen molar-refractivity contribution in [3.8, 4) is 0 Å². The Hall–Kier alpha value is -0.860. The average Bonchev–Trinajstić information content (AvgIpc) is 1.35. The Bertz CT molecular complexity index is 66.4. The third kappa shape index (κ3) is 3.14. The Morgan fingerprint density at radius 2 is 2.33 bits per heavy atom. The fourth-order valence-electron chi connectivity index (χ4n) is 0.0537. The highest BCUT2D eigenvalue weighted by atomic mass is 16.6. The Morgan fingerprint density at radius 1 is 1.83 bits per heavy atom. The van der Waals surface area contributed by atoms with Crippen LogP contribution < -0.4 is 0 Å². The van der Waals surface area contributed by atoms with Gasteiger partial charge in [-0.2, -0.15) is 0 Å². The number of hydrogen-bond donors (Lipinski definition) is 0. The lowest BCUT2D eigenvalue weighted by molar-refractivity contribution is -0.147. The molecule has 3 heteroatoms. The third-order valence-corrected chi connectivity index (χ3v) is 0.180. The number of carbonyl (C=O) groups excluding carboxylic acids is 2. The molecule has 0 atom stereocenters. The first-order chi connectivity index (χ1) is 2.77. The average molecular weight is 87.1 g/mol. The van der Waals surface area contributed by atoms with Crippen molar-refractivity contribution >= 4 is 12.4 Å². The van der Waals surface area contributed by atoms with E-state index in [1.807, 2.05) is 0 Å². The van der Waals surface area contributed by atoms with Crippen LogP contribution in [-0.2, 0) is 14.3 Å². The van der Waals surface area contributed by atoms with Crippen molar-refractivity contribution in [3.63, 3.8) is 0 Å². The van der Waals surface area contributed by atoms with E-state index in [0.717, 1.165) is 0 Å². The van der Waals surface area contributed by atoms with Gasteiger partial charge in [-0.3, -0.25) is 9.59 Å². The normalized spacial score (nSPS) is 6.83. The van der Waals surface area contributed by atoms with Gasteiger partial charge in [-0.1, -0.05) is 0 Å². The summed E-state index contributed by atoms with van der Waals surface area (Å²) in [4.78, 5) is 18.6. The molecule has 0 amide bonds. The molecule has 33 valence electrons. The molecule has 0 aromatic heterocycles. The second-order valence-electron chi connectivity index (χ2n) is 0.586. The smallest absolute Gasteiger partial charge is 0.313 e. The molecule has 0 aromatic rings. The fraction of sp³-hybridized carbons (Fsp3) is 0. The van der Waals surface area contributed by atoms with Gasteiger partial charge in [0.05, 0.1) is 6.92 Å². The summed E-state index contributed by atoms with van der Waals surface area (Å²) in [5.74, 6) is -0.829. The van der Waals surface area contributed by atoms with Gasteiger partial charge in [0, 0.05) is 0 Å². The Kier molecular flexibility index (Phi) is 2.04. The van der Waals surface area contributed by atoms with Crippen LogP contribution in [-0.4, -0.2) is 12.4 Å². The van der Waals surface area contributed by atoms with E-state index >= 15 is 0 Å². The van der Waals surface area contributed by atoms with E-state index in [1.54, 1.807) is 0 Å². The topological polar surface area (TPSA) is 43.4 Å². The Morgan fingerprint density at radius 3 is 2.33 bits per heavy atom. The molecular formula is C3H3O3. The molecule has 0 aliphatic rings. The van der Waals surface area contributed by atoms with Gasteiger partial charge in [-0.05, 0) is 0 Å². The molecule has 3 nitrogen and oxygen atoms in total. The zero-order valence-electron chi connectivity index (χ0n) is 3.01. The second-order valence-corrected chi connectivity index (χ2v) is 0.586. The van der Waals surface area contributed by atoms with Gasteiger partial charge >= 0.3 is 12.4 Å². The van der Waals surface area contributed by atoms with E-state index < -0.39 is 5.97 Å². The standard InChI is InChI=1S/C3H3O3/c1-3(5)6-2-4/h2H,1H2. The Labute approximate surface area is 34.9 Å². The first-order valence-corrected chi connectivity index (χ1v) is 1.23. The summed E-state index contributed by atoms with van der Waals surface area (Å²) < 4.78 is 3.61. The monoisotopic (exact) mass is 87.0 g/mol. The minimum Gasteiger partial charge on any atom is -0.395 e. The van der Waals surface area contributed by atoms with Crippen molar-refractivity contribution in [2.24, 2.45) is 0 Å². The molecule has 0 aromatic carbocycles. The summed E-state index contributed by atoms with van der Waals surface area (Å²) in [7, 11) is 0. The van der Waals surface area contributed by atoms with E-state index in [-0.39, 0.29) is 6.47 Å². The van der Waals surface area contributed by atoms with Crippen LogP contribution in [0.2, 0.25) is 0 Å². The highest BCUT2D eigenvalue weighted by Crippen LogP contribution is 1.61. The van der Waals surface area contributed by atoms with Crippen molar-refractivity contribution in [3.05, 3.63) is 6.92 Å². The second kappa shape index (κ2) is 2.38. The van der Waals surface area contributed by atoms with Crippen LogP contribution in [0.15, 0.2) is 0 Å². The lowest BCUT2D eigenvalue weighted by Gasteiger charge is -1.78. The minimum atomic E-state index is -0.829. The summed E-state index contributed by atoms with van der Waals surface area (Å²) >= 11 is 0. The van der Waals surface area contributed by atoms with Gasteiger partial charge in [0.1, 0.15) is 0 Å². The predicted molar refractivity (Wildman–Crippen MR) is 17.5 cm³/mol. The number of carbonyl (C=O) groups is 2. The highest BCUT2D eigenvalue weighted by Gasteiger charge is 1.82. The quantitative estimate of drug-likeness (QED) is 0.246. The van der Waals surface area contributed by atoms with Crippen LogP contribution in [0, 0.1) is 6.92 Å². The SMILES string of the molecule is [CH2]C(=O)OC=O. The van der Waals surface area contributed by atoms with Crippen molar-refractivity contribution in [1.82, 2.24) is 0 Å². The first-order valence-electron chi connectivity index (χ1n) is 1.23. The van der Waals surface area contributed by atoms with Crippen molar-refractivity contribution in [1.29, 1.82) is 0 Å². The lowest BCUT2D eigenvalue weighted by Crippen LogP contribution is -1.93. The predicted octanol–water partition coefficient (Wildman–Crippen LogP) is -0.480. The molecule has 0 fully saturated rings. The van der Waals surface area contributed by atoms with Gasteiger partial charge in [-0.15, -0.1) is 0 Å². The molecule has 0 rings (SSSR count). The van der Waals surface area contributed by atoms with Crippen LogP contribution in [0.4, 0.5) is 0 Å². The fourth-order valence-corrected chi connectivity index (χ4v) is 0.0537. The molecular weight excluding hydrogens is 84.0 g/mol. The minimum absolute atomic E-state index is 0.0370. The van der Waals surface area contributed by atoms with E-state index in [4.69, 9.17) is 4.79 Å². The van der Waals surface area contributed by atoms with E-state index in [1.165, 1.54) is 0 Å². The van der Waals surface area contributed by atoms with Crippen LogP contribution >= 0.6 is 0 Å². The summed E-state index contributed by atoms with van der Waals surface area (Å²) in [6.45, 7) is 2.77. The molecule has 0 unspecified atom stereocenters. The molecule has 6 heavy (non-hydrogen) atoms. The third-order valence-electron chi connectivity index (χ3n) is 0.180. The zero-order chi connectivity index (χ0) is 4.99. The maximum Gasteiger partial charge on any atom is 0.313 e. The summed E-state index contributed by atoms with van der Waals surface area (Å²) in [6, 6.07) is 0. The summed E-state index contributed by atoms with van der Waals surface area (Å²) in [5, 5.41) is 0. The van der Waals surface area contributed by atoms with Gasteiger partial charge in [0.2, 0.25) is 0 Å². The molecule has 0 heterocycles. The number of rotatable bonds is 1. The molecule has 0 saturated carbocycles. The van der Waals surface area contributed by atoms with Crippen LogP contribution in [0.25, 0.3) is 0 Å². The first kappa shape index (κ1) is 5.14. The highest BCUT2D eigenvalue weighted by molar-refractivity contribution is 5.79. The molecule has 0 aliphatic heterocycles.